The number of hydrogen-bond acceptors (Lipinski definition) is 2. The lowest BCUT2D eigenvalue weighted by atomic mass is 10.0. The molecule has 0 atom stereocenters. The van der Waals surface area contributed by atoms with E-state index < -0.39 is 0 Å². The molecular formula is C11H15N3O. The molecule has 15 heavy (non-hydrogen) atoms. The maximum Gasteiger partial charge on any atom is 0.274 e. The highest BCUT2D eigenvalue weighted by atomic mass is 16.1. The molecule has 0 aromatic carbocycles. The number of pyridine rings is 1. The topological polar surface area (TPSA) is 50.2 Å². The van der Waals surface area contributed by atoms with Gasteiger partial charge >= 0.3 is 0 Å². The standard InChI is InChI=1S/C11H15N3O/c1-6(2)10-7(3)5-9-12-8(4)13-14(9)11(10)15/h5-6H,1-4H3,(H,12,13). The Balaban J connectivity index is 2.89. The zero-order valence-electron chi connectivity index (χ0n) is 9.46. The largest absolute Gasteiger partial charge is 0.277 e. The molecule has 0 fully saturated rings. The molecule has 0 aliphatic heterocycles. The van der Waals surface area contributed by atoms with Gasteiger partial charge < -0.3 is 0 Å². The van der Waals surface area contributed by atoms with Crippen LogP contribution in [0.25, 0.3) is 5.65 Å². The molecule has 2 rings (SSSR count). The Morgan fingerprint density at radius 1 is 1.40 bits per heavy atom. The van der Waals surface area contributed by atoms with Crippen molar-refractivity contribution in [2.24, 2.45) is 0 Å². The van der Waals surface area contributed by atoms with Gasteiger partial charge in [-0.05, 0) is 31.4 Å². The summed E-state index contributed by atoms with van der Waals surface area (Å²) in [5.41, 5.74) is 2.58. The van der Waals surface area contributed by atoms with Crippen molar-refractivity contribution < 1.29 is 0 Å². The smallest absolute Gasteiger partial charge is 0.274 e. The number of nitrogens with zero attached hydrogens (tertiary/aromatic N) is 2. The number of aromatic amines is 1. The minimum atomic E-state index is 0.0144. The lowest BCUT2D eigenvalue weighted by Crippen LogP contribution is -2.21. The number of aryl methyl sites for hydroxylation is 2. The van der Waals surface area contributed by atoms with Crippen LogP contribution in [0.2, 0.25) is 0 Å². The minimum Gasteiger partial charge on any atom is -0.277 e. The molecule has 2 aromatic rings. The van der Waals surface area contributed by atoms with Crippen molar-refractivity contribution in [1.82, 2.24) is 14.6 Å². The van der Waals surface area contributed by atoms with Crippen molar-refractivity contribution >= 4 is 5.65 Å². The third kappa shape index (κ3) is 1.46. The maximum absolute atomic E-state index is 12.1. The third-order valence-electron chi connectivity index (χ3n) is 2.57. The second-order valence-electron chi connectivity index (χ2n) is 4.20. The molecule has 1 N–H and O–H groups in total. The van der Waals surface area contributed by atoms with E-state index in [0.29, 0.717) is 5.65 Å². The quantitative estimate of drug-likeness (QED) is 0.771. The lowest BCUT2D eigenvalue weighted by Gasteiger charge is -2.08. The van der Waals surface area contributed by atoms with Gasteiger partial charge in [-0.2, -0.15) is 4.52 Å². The summed E-state index contributed by atoms with van der Waals surface area (Å²) in [7, 11) is 0. The number of H-pyrrole nitrogens is 1. The molecule has 2 heterocycles. The van der Waals surface area contributed by atoms with Crippen LogP contribution in [0.4, 0.5) is 0 Å². The van der Waals surface area contributed by atoms with Gasteiger partial charge in [0.2, 0.25) is 0 Å². The van der Waals surface area contributed by atoms with Crippen LogP contribution in [0.15, 0.2) is 10.9 Å². The maximum atomic E-state index is 12.1. The van der Waals surface area contributed by atoms with E-state index in [9.17, 15) is 4.79 Å². The summed E-state index contributed by atoms with van der Waals surface area (Å²) in [6, 6.07) is 1.94. The van der Waals surface area contributed by atoms with Crippen LogP contribution in [0, 0.1) is 13.8 Å². The SMILES string of the molecule is Cc1nc2cc(C)c(C(C)C)c(=O)n2[nH]1. The average molecular weight is 205 g/mol. The van der Waals surface area contributed by atoms with Crippen LogP contribution < -0.4 is 5.56 Å². The van der Waals surface area contributed by atoms with Crippen LogP contribution in [0.1, 0.15) is 36.7 Å². The molecule has 4 heteroatoms. The molecule has 0 aliphatic carbocycles. The Morgan fingerprint density at radius 2 is 2.07 bits per heavy atom. The lowest BCUT2D eigenvalue weighted by molar-refractivity contribution is 0.795. The third-order valence-corrected chi connectivity index (χ3v) is 2.57. The van der Waals surface area contributed by atoms with Gasteiger partial charge in [0, 0.05) is 5.56 Å². The first-order chi connectivity index (χ1) is 7.00. The summed E-state index contributed by atoms with van der Waals surface area (Å²) in [5.74, 6) is 0.991. The Bertz CT molecular complexity index is 563. The molecule has 0 amide bonds. The number of rotatable bonds is 1. The highest BCUT2D eigenvalue weighted by molar-refractivity contribution is 5.44. The minimum absolute atomic E-state index is 0.0144. The van der Waals surface area contributed by atoms with E-state index in [1.165, 1.54) is 4.52 Å². The second-order valence-corrected chi connectivity index (χ2v) is 4.20. The fraction of sp³-hybridized carbons (Fsp3) is 0.455. The molecule has 0 saturated heterocycles. The van der Waals surface area contributed by atoms with Gasteiger partial charge in [0.05, 0.1) is 0 Å². The molecular weight excluding hydrogens is 190 g/mol. The summed E-state index contributed by atoms with van der Waals surface area (Å²) in [6.45, 7) is 7.86. The predicted molar refractivity (Wildman–Crippen MR) is 59.4 cm³/mol. The van der Waals surface area contributed by atoms with Crippen LogP contribution in [0.3, 0.4) is 0 Å². The molecule has 2 aromatic heterocycles. The van der Waals surface area contributed by atoms with Gasteiger partial charge in [-0.1, -0.05) is 13.8 Å². The zero-order chi connectivity index (χ0) is 11.2. The molecule has 80 valence electrons. The first-order valence-corrected chi connectivity index (χ1v) is 5.09. The molecule has 0 aliphatic rings. The van der Waals surface area contributed by atoms with Crippen molar-refractivity contribution in [3.05, 3.63) is 33.4 Å². The molecule has 0 bridgehead atoms. The highest BCUT2D eigenvalue weighted by Crippen LogP contribution is 2.15. The van der Waals surface area contributed by atoms with Gasteiger partial charge in [-0.3, -0.25) is 9.89 Å². The van der Waals surface area contributed by atoms with E-state index in [0.717, 1.165) is 17.0 Å². The summed E-state index contributed by atoms with van der Waals surface area (Å²) >= 11 is 0. The summed E-state index contributed by atoms with van der Waals surface area (Å²) in [4.78, 5) is 16.3. The van der Waals surface area contributed by atoms with Crippen molar-refractivity contribution in [2.75, 3.05) is 0 Å². The predicted octanol–water partition coefficient (Wildman–Crippen LogP) is 1.76. The Labute approximate surface area is 87.9 Å². The summed E-state index contributed by atoms with van der Waals surface area (Å²) in [5, 5.41) is 2.94. The van der Waals surface area contributed by atoms with Gasteiger partial charge in [0.1, 0.15) is 5.82 Å². The fourth-order valence-electron chi connectivity index (χ4n) is 1.98. The summed E-state index contributed by atoms with van der Waals surface area (Å²) < 4.78 is 1.51. The van der Waals surface area contributed by atoms with Crippen molar-refractivity contribution in [2.45, 2.75) is 33.6 Å². The van der Waals surface area contributed by atoms with E-state index in [4.69, 9.17) is 0 Å². The summed E-state index contributed by atoms with van der Waals surface area (Å²) in [6.07, 6.45) is 0. The van der Waals surface area contributed by atoms with E-state index in [1.54, 1.807) is 0 Å². The van der Waals surface area contributed by atoms with Gasteiger partial charge in [-0.25, -0.2) is 4.98 Å². The van der Waals surface area contributed by atoms with E-state index in [-0.39, 0.29) is 11.5 Å². The van der Waals surface area contributed by atoms with Crippen molar-refractivity contribution in [1.29, 1.82) is 0 Å². The number of fused-ring (bicyclic) bond motifs is 1. The van der Waals surface area contributed by atoms with Crippen LogP contribution in [-0.4, -0.2) is 14.6 Å². The Hall–Kier alpha value is -1.58. The van der Waals surface area contributed by atoms with Crippen LogP contribution >= 0.6 is 0 Å². The number of hydrogen-bond donors (Lipinski definition) is 1. The van der Waals surface area contributed by atoms with E-state index in [1.807, 2.05) is 33.8 Å². The normalized spacial score (nSPS) is 11.5. The molecule has 0 saturated carbocycles. The van der Waals surface area contributed by atoms with E-state index in [2.05, 4.69) is 10.1 Å². The monoisotopic (exact) mass is 205 g/mol. The van der Waals surface area contributed by atoms with Crippen molar-refractivity contribution in [3.63, 3.8) is 0 Å². The first kappa shape index (κ1) is 9.96. The fourth-order valence-corrected chi connectivity index (χ4v) is 1.98. The average Bonchev–Trinajstić information content (AvgIpc) is 2.45. The molecule has 0 radical (unpaired) electrons. The zero-order valence-corrected chi connectivity index (χ0v) is 9.46. The van der Waals surface area contributed by atoms with Gasteiger partial charge in [-0.15, -0.1) is 0 Å². The van der Waals surface area contributed by atoms with Crippen LogP contribution in [-0.2, 0) is 0 Å². The Morgan fingerprint density at radius 3 is 2.67 bits per heavy atom. The van der Waals surface area contributed by atoms with Gasteiger partial charge in [0.25, 0.3) is 5.56 Å². The highest BCUT2D eigenvalue weighted by Gasteiger charge is 2.12. The van der Waals surface area contributed by atoms with E-state index >= 15 is 0 Å². The molecule has 0 spiro atoms. The molecule has 0 unspecified atom stereocenters. The van der Waals surface area contributed by atoms with Crippen LogP contribution in [0.5, 0.6) is 0 Å². The second kappa shape index (κ2) is 3.22. The van der Waals surface area contributed by atoms with Crippen molar-refractivity contribution in [3.8, 4) is 0 Å². The number of nitrogens with one attached hydrogen (secondary N) is 1. The first-order valence-electron chi connectivity index (χ1n) is 5.09. The molecule has 4 nitrogen and oxygen atoms in total. The Kier molecular flexibility index (Phi) is 2.14. The van der Waals surface area contributed by atoms with Gasteiger partial charge in [0.15, 0.2) is 5.65 Å². The number of aromatic nitrogens is 3.